The van der Waals surface area contributed by atoms with Crippen molar-refractivity contribution in [1.82, 2.24) is 5.32 Å². The Balaban J connectivity index is 2.29. The molecular weight excluding hydrogens is 254 g/mol. The predicted molar refractivity (Wildman–Crippen MR) is 79.6 cm³/mol. The van der Waals surface area contributed by atoms with Crippen molar-refractivity contribution >= 4 is 0 Å². The summed E-state index contributed by atoms with van der Waals surface area (Å²) in [6, 6.07) is 4.03. The normalized spacial score (nSPS) is 18.9. The molecule has 1 aromatic rings. The highest BCUT2D eigenvalue weighted by atomic mass is 16.5. The third-order valence-electron chi connectivity index (χ3n) is 3.94. The lowest BCUT2D eigenvalue weighted by Gasteiger charge is -2.25. The van der Waals surface area contributed by atoms with Crippen molar-refractivity contribution < 1.29 is 14.2 Å². The molecule has 1 unspecified atom stereocenters. The molecule has 2 rings (SSSR count). The van der Waals surface area contributed by atoms with Gasteiger partial charge in [-0.05, 0) is 49.9 Å². The van der Waals surface area contributed by atoms with E-state index in [4.69, 9.17) is 14.2 Å². The van der Waals surface area contributed by atoms with Crippen molar-refractivity contribution in [3.63, 3.8) is 0 Å². The van der Waals surface area contributed by atoms with Crippen molar-refractivity contribution in [1.29, 1.82) is 0 Å². The topological polar surface area (TPSA) is 39.7 Å². The van der Waals surface area contributed by atoms with Crippen molar-refractivity contribution in [2.75, 3.05) is 34.4 Å². The lowest BCUT2D eigenvalue weighted by Crippen LogP contribution is -2.31. The Hall–Kier alpha value is -1.26. The average molecular weight is 279 g/mol. The number of rotatable bonds is 6. The van der Waals surface area contributed by atoms with Gasteiger partial charge in [0.2, 0.25) is 0 Å². The molecule has 1 aliphatic heterocycles. The molecule has 1 saturated heterocycles. The summed E-state index contributed by atoms with van der Waals surface area (Å²) in [5.74, 6) is 2.30. The summed E-state index contributed by atoms with van der Waals surface area (Å²) in [5, 5.41) is 3.47. The molecule has 0 bridgehead atoms. The number of methoxy groups -OCH3 is 3. The molecule has 1 aromatic carbocycles. The highest BCUT2D eigenvalue weighted by Gasteiger charge is 2.20. The van der Waals surface area contributed by atoms with Crippen LogP contribution in [0.5, 0.6) is 11.5 Å². The Bertz CT molecular complexity index is 428. The number of nitrogens with one attached hydrogen (secondary N) is 1. The van der Waals surface area contributed by atoms with Crippen molar-refractivity contribution in [2.24, 2.45) is 5.92 Å². The molecule has 1 N–H and O–H groups in total. The van der Waals surface area contributed by atoms with Gasteiger partial charge in [0, 0.05) is 12.7 Å². The summed E-state index contributed by atoms with van der Waals surface area (Å²) < 4.78 is 16.3. The maximum Gasteiger partial charge on any atom is 0.164 e. The van der Waals surface area contributed by atoms with Gasteiger partial charge in [0.05, 0.1) is 20.8 Å². The van der Waals surface area contributed by atoms with Gasteiger partial charge < -0.3 is 19.5 Å². The molecule has 0 amide bonds. The molecule has 1 heterocycles. The second-order valence-electron chi connectivity index (χ2n) is 5.29. The largest absolute Gasteiger partial charge is 0.493 e. The van der Waals surface area contributed by atoms with Gasteiger partial charge in [0.15, 0.2) is 11.5 Å². The first kappa shape index (κ1) is 15.1. The van der Waals surface area contributed by atoms with Crippen molar-refractivity contribution in [3.8, 4) is 11.5 Å². The van der Waals surface area contributed by atoms with Gasteiger partial charge in [0.25, 0.3) is 0 Å². The molecule has 4 nitrogen and oxygen atoms in total. The lowest BCUT2D eigenvalue weighted by atomic mass is 9.89. The first-order valence-corrected chi connectivity index (χ1v) is 7.22. The molecule has 0 saturated carbocycles. The summed E-state index contributed by atoms with van der Waals surface area (Å²) in [7, 11) is 5.11. The Kier molecular flexibility index (Phi) is 5.68. The summed E-state index contributed by atoms with van der Waals surface area (Å²) in [5.41, 5.74) is 2.41. The molecule has 1 fully saturated rings. The number of hydrogen-bond donors (Lipinski definition) is 1. The minimum Gasteiger partial charge on any atom is -0.493 e. The third-order valence-corrected chi connectivity index (χ3v) is 3.94. The third kappa shape index (κ3) is 3.44. The van der Waals surface area contributed by atoms with Crippen molar-refractivity contribution in [2.45, 2.75) is 25.9 Å². The molecule has 0 aromatic heterocycles. The fourth-order valence-corrected chi connectivity index (χ4v) is 2.93. The van der Waals surface area contributed by atoms with Crippen LogP contribution in [-0.4, -0.2) is 34.4 Å². The van der Waals surface area contributed by atoms with E-state index < -0.39 is 0 Å². The number of benzene rings is 1. The van der Waals surface area contributed by atoms with E-state index in [0.29, 0.717) is 12.5 Å². The van der Waals surface area contributed by atoms with E-state index in [1.54, 1.807) is 21.3 Å². The quantitative estimate of drug-likeness (QED) is 0.868. The van der Waals surface area contributed by atoms with E-state index in [-0.39, 0.29) is 0 Å². The first-order valence-electron chi connectivity index (χ1n) is 7.22. The zero-order valence-electron chi connectivity index (χ0n) is 12.7. The highest BCUT2D eigenvalue weighted by Crippen LogP contribution is 2.36. The van der Waals surface area contributed by atoms with Crippen LogP contribution < -0.4 is 14.8 Å². The second-order valence-corrected chi connectivity index (χ2v) is 5.29. The first-order chi connectivity index (χ1) is 9.80. The maximum absolute atomic E-state index is 5.59. The summed E-state index contributed by atoms with van der Waals surface area (Å²) in [6.45, 7) is 2.82. The van der Waals surface area contributed by atoms with E-state index in [0.717, 1.165) is 31.0 Å². The van der Waals surface area contributed by atoms with Gasteiger partial charge >= 0.3 is 0 Å². The van der Waals surface area contributed by atoms with Gasteiger partial charge in [-0.25, -0.2) is 0 Å². The van der Waals surface area contributed by atoms with E-state index in [9.17, 15) is 0 Å². The Morgan fingerprint density at radius 3 is 2.65 bits per heavy atom. The average Bonchev–Trinajstić information content (AvgIpc) is 2.49. The SMILES string of the molecule is COCc1ccc(OC)c(OC)c1CC1CCCNC1. The van der Waals surface area contributed by atoms with Gasteiger partial charge in [-0.2, -0.15) is 0 Å². The second kappa shape index (κ2) is 7.50. The summed E-state index contributed by atoms with van der Waals surface area (Å²) in [4.78, 5) is 0. The zero-order chi connectivity index (χ0) is 14.4. The Morgan fingerprint density at radius 1 is 1.20 bits per heavy atom. The van der Waals surface area contributed by atoms with Crippen molar-refractivity contribution in [3.05, 3.63) is 23.3 Å². The fraction of sp³-hybridized carbons (Fsp3) is 0.625. The van der Waals surface area contributed by atoms with E-state index in [2.05, 4.69) is 11.4 Å². The van der Waals surface area contributed by atoms with Gasteiger partial charge in [-0.3, -0.25) is 0 Å². The predicted octanol–water partition coefficient (Wildman–Crippen LogP) is 2.39. The molecular formula is C16H25NO3. The minimum absolute atomic E-state index is 0.607. The Morgan fingerprint density at radius 2 is 2.05 bits per heavy atom. The van der Waals surface area contributed by atoms with Crippen LogP contribution in [0.4, 0.5) is 0 Å². The molecule has 20 heavy (non-hydrogen) atoms. The summed E-state index contributed by atoms with van der Waals surface area (Å²) in [6.07, 6.45) is 3.52. The number of piperidine rings is 1. The monoisotopic (exact) mass is 279 g/mol. The van der Waals surface area contributed by atoms with E-state index in [1.807, 2.05) is 6.07 Å². The molecule has 0 aliphatic carbocycles. The van der Waals surface area contributed by atoms with E-state index >= 15 is 0 Å². The maximum atomic E-state index is 5.59. The lowest BCUT2D eigenvalue weighted by molar-refractivity contribution is 0.183. The molecule has 1 aliphatic rings. The molecule has 0 spiro atoms. The Labute approximate surface area is 121 Å². The smallest absolute Gasteiger partial charge is 0.164 e. The molecule has 4 heteroatoms. The van der Waals surface area contributed by atoms with Gasteiger partial charge in [-0.1, -0.05) is 6.07 Å². The number of hydrogen-bond acceptors (Lipinski definition) is 4. The zero-order valence-corrected chi connectivity index (χ0v) is 12.7. The fourth-order valence-electron chi connectivity index (χ4n) is 2.93. The highest BCUT2D eigenvalue weighted by molar-refractivity contribution is 5.51. The van der Waals surface area contributed by atoms with Crippen LogP contribution in [0.2, 0.25) is 0 Å². The molecule has 0 radical (unpaired) electrons. The molecule has 1 atom stereocenters. The van der Waals surface area contributed by atoms with Crippen LogP contribution in [0.15, 0.2) is 12.1 Å². The summed E-state index contributed by atoms with van der Waals surface area (Å²) >= 11 is 0. The van der Waals surface area contributed by atoms with E-state index in [1.165, 1.54) is 24.0 Å². The van der Waals surface area contributed by atoms with Crippen LogP contribution in [0.3, 0.4) is 0 Å². The standard InChI is InChI=1S/C16H25NO3/c1-18-11-13-6-7-15(19-2)16(20-3)14(13)9-12-5-4-8-17-10-12/h6-7,12,17H,4-5,8-11H2,1-3H3. The number of ether oxygens (including phenoxy) is 3. The van der Waals surface area contributed by atoms with Crippen LogP contribution in [0.1, 0.15) is 24.0 Å². The van der Waals surface area contributed by atoms with Crippen LogP contribution >= 0.6 is 0 Å². The van der Waals surface area contributed by atoms with Gasteiger partial charge in [0.1, 0.15) is 0 Å². The van der Waals surface area contributed by atoms with Crippen LogP contribution in [0.25, 0.3) is 0 Å². The minimum atomic E-state index is 0.607. The van der Waals surface area contributed by atoms with Crippen LogP contribution in [-0.2, 0) is 17.8 Å². The van der Waals surface area contributed by atoms with Crippen LogP contribution in [0, 0.1) is 5.92 Å². The molecule has 112 valence electrons. The van der Waals surface area contributed by atoms with Gasteiger partial charge in [-0.15, -0.1) is 0 Å².